The molecule has 33 heavy (non-hydrogen) atoms. The van der Waals surface area contributed by atoms with E-state index in [-0.39, 0.29) is 29.7 Å². The van der Waals surface area contributed by atoms with Crippen LogP contribution in [0, 0.1) is 17.6 Å². The molecule has 0 aliphatic heterocycles. The predicted molar refractivity (Wildman–Crippen MR) is 123 cm³/mol. The van der Waals surface area contributed by atoms with Crippen LogP contribution in [0.2, 0.25) is 0 Å². The zero-order valence-corrected chi connectivity index (χ0v) is 18.5. The summed E-state index contributed by atoms with van der Waals surface area (Å²) in [5.74, 6) is -1.59. The molecule has 0 saturated heterocycles. The second-order valence-corrected chi connectivity index (χ2v) is 8.14. The van der Waals surface area contributed by atoms with Crippen LogP contribution < -0.4 is 16.4 Å². The van der Waals surface area contributed by atoms with Crippen molar-refractivity contribution >= 4 is 17.6 Å². The molecule has 7 nitrogen and oxygen atoms in total. The largest absolute Gasteiger partial charge is 0.480 e. The molecule has 3 rings (SSSR count). The van der Waals surface area contributed by atoms with Crippen LogP contribution in [-0.2, 0) is 17.9 Å². The van der Waals surface area contributed by atoms with Crippen molar-refractivity contribution in [2.24, 2.45) is 5.92 Å². The van der Waals surface area contributed by atoms with Gasteiger partial charge in [0.25, 0.3) is 0 Å². The molecule has 0 unspecified atom stereocenters. The van der Waals surface area contributed by atoms with E-state index >= 15 is 0 Å². The smallest absolute Gasteiger partial charge is 0.320 e. The quantitative estimate of drug-likeness (QED) is 0.362. The Hall–Kier alpha value is -3.59. The molecule has 1 aromatic heterocycles. The van der Waals surface area contributed by atoms with Gasteiger partial charge in [0.15, 0.2) is 11.6 Å². The molecule has 0 spiro atoms. The van der Waals surface area contributed by atoms with Crippen LogP contribution in [0.25, 0.3) is 11.3 Å². The SMILES string of the molecule is CC(C)C[C@@H](NCc1ccc(-c2cnc(N)c(NCc3c(F)cccc3F)n2)cc1)C(=O)O. The first kappa shape index (κ1) is 24.1. The minimum atomic E-state index is -0.868. The average Bonchev–Trinajstić information content (AvgIpc) is 2.77. The normalized spacial score (nSPS) is 12.0. The summed E-state index contributed by atoms with van der Waals surface area (Å²) in [6.45, 7) is 4.25. The number of aliphatic carboxylic acids is 1. The first-order valence-electron chi connectivity index (χ1n) is 10.6. The summed E-state index contributed by atoms with van der Waals surface area (Å²) < 4.78 is 27.7. The summed E-state index contributed by atoms with van der Waals surface area (Å²) in [6, 6.07) is 10.5. The maximum atomic E-state index is 13.9. The standard InChI is InChI=1S/C24H27F2N5O2/c1-14(2)10-20(24(32)33)28-11-15-6-8-16(9-7-15)21-13-29-22(27)23(31-21)30-12-17-18(25)4-3-5-19(17)26/h3-9,13-14,20,28H,10-12H2,1-2H3,(H2,27,29)(H,30,31)(H,32,33)/t20-/m1/s1. The molecule has 0 saturated carbocycles. The molecule has 0 bridgehead atoms. The van der Waals surface area contributed by atoms with E-state index in [2.05, 4.69) is 20.6 Å². The van der Waals surface area contributed by atoms with Crippen LogP contribution in [-0.4, -0.2) is 27.1 Å². The summed E-state index contributed by atoms with van der Waals surface area (Å²) in [4.78, 5) is 20.0. The lowest BCUT2D eigenvalue weighted by Gasteiger charge is -2.16. The van der Waals surface area contributed by atoms with Gasteiger partial charge in [-0.05, 0) is 30.0 Å². The topological polar surface area (TPSA) is 113 Å². The third-order valence-electron chi connectivity index (χ3n) is 5.10. The number of nitrogen functional groups attached to an aromatic ring is 1. The molecule has 0 radical (unpaired) electrons. The third kappa shape index (κ3) is 6.45. The first-order valence-corrected chi connectivity index (χ1v) is 10.6. The summed E-state index contributed by atoms with van der Waals surface area (Å²) >= 11 is 0. The van der Waals surface area contributed by atoms with Gasteiger partial charge in [0.1, 0.15) is 17.7 Å². The van der Waals surface area contributed by atoms with E-state index in [4.69, 9.17) is 5.73 Å². The molecule has 3 aromatic rings. The third-order valence-corrected chi connectivity index (χ3v) is 5.10. The van der Waals surface area contributed by atoms with E-state index in [1.165, 1.54) is 24.4 Å². The Balaban J connectivity index is 1.69. The number of halogens is 2. The zero-order valence-electron chi connectivity index (χ0n) is 18.5. The fraction of sp³-hybridized carbons (Fsp3) is 0.292. The first-order chi connectivity index (χ1) is 15.7. The van der Waals surface area contributed by atoms with Gasteiger partial charge in [0.2, 0.25) is 0 Å². The zero-order chi connectivity index (χ0) is 24.0. The number of carboxylic acid groups (broad SMARTS) is 1. The number of anilines is 2. The fourth-order valence-electron chi connectivity index (χ4n) is 3.32. The van der Waals surface area contributed by atoms with E-state index < -0.39 is 23.6 Å². The van der Waals surface area contributed by atoms with Gasteiger partial charge in [-0.1, -0.05) is 44.2 Å². The van der Waals surface area contributed by atoms with E-state index in [1.54, 1.807) is 0 Å². The number of hydrogen-bond acceptors (Lipinski definition) is 6. The summed E-state index contributed by atoms with van der Waals surface area (Å²) in [7, 11) is 0. The summed E-state index contributed by atoms with van der Waals surface area (Å²) in [6.07, 6.45) is 2.06. The second kappa shape index (κ2) is 10.8. The van der Waals surface area contributed by atoms with Gasteiger partial charge < -0.3 is 21.5 Å². The van der Waals surface area contributed by atoms with Gasteiger partial charge in [-0.15, -0.1) is 0 Å². The summed E-state index contributed by atoms with van der Waals surface area (Å²) in [5, 5.41) is 15.3. The van der Waals surface area contributed by atoms with Crippen LogP contribution in [0.1, 0.15) is 31.4 Å². The van der Waals surface area contributed by atoms with Crippen LogP contribution >= 0.6 is 0 Å². The van der Waals surface area contributed by atoms with Gasteiger partial charge in [-0.3, -0.25) is 4.79 Å². The number of carbonyl (C=O) groups is 1. The Morgan fingerprint density at radius 2 is 1.76 bits per heavy atom. The molecule has 5 N–H and O–H groups in total. The Labute approximate surface area is 191 Å². The number of nitrogens with two attached hydrogens (primary N) is 1. The second-order valence-electron chi connectivity index (χ2n) is 8.14. The van der Waals surface area contributed by atoms with Crippen LogP contribution in [0.3, 0.4) is 0 Å². The maximum Gasteiger partial charge on any atom is 0.320 e. The van der Waals surface area contributed by atoms with E-state index in [1.807, 2.05) is 38.1 Å². The van der Waals surface area contributed by atoms with Gasteiger partial charge in [-0.2, -0.15) is 0 Å². The van der Waals surface area contributed by atoms with Crippen molar-refractivity contribution in [1.29, 1.82) is 0 Å². The lowest BCUT2D eigenvalue weighted by atomic mass is 10.0. The van der Waals surface area contributed by atoms with Crippen molar-refractivity contribution in [3.05, 3.63) is 71.4 Å². The van der Waals surface area contributed by atoms with Crippen LogP contribution in [0.5, 0.6) is 0 Å². The molecule has 0 fully saturated rings. The highest BCUT2D eigenvalue weighted by molar-refractivity contribution is 5.73. The number of rotatable bonds is 10. The van der Waals surface area contributed by atoms with E-state index in [0.717, 1.165) is 11.1 Å². The molecule has 0 aliphatic rings. The number of hydrogen-bond donors (Lipinski definition) is 4. The highest BCUT2D eigenvalue weighted by atomic mass is 19.1. The van der Waals surface area contributed by atoms with Crippen LogP contribution in [0.15, 0.2) is 48.7 Å². The van der Waals surface area contributed by atoms with Gasteiger partial charge in [-0.25, -0.2) is 18.7 Å². The lowest BCUT2D eigenvalue weighted by molar-refractivity contribution is -0.140. The van der Waals surface area contributed by atoms with Gasteiger partial charge in [0, 0.05) is 24.2 Å². The maximum absolute atomic E-state index is 13.9. The molecule has 2 aromatic carbocycles. The number of aromatic nitrogens is 2. The minimum Gasteiger partial charge on any atom is -0.480 e. The van der Waals surface area contributed by atoms with Crippen LogP contribution in [0.4, 0.5) is 20.4 Å². The van der Waals surface area contributed by atoms with Crippen molar-refractivity contribution < 1.29 is 18.7 Å². The molecule has 174 valence electrons. The molecule has 1 heterocycles. The van der Waals surface area contributed by atoms with Crippen molar-refractivity contribution in [3.8, 4) is 11.3 Å². The van der Waals surface area contributed by atoms with Crippen molar-refractivity contribution in [3.63, 3.8) is 0 Å². The Bertz CT molecular complexity index is 1090. The molecular formula is C24H27F2N5O2. The number of carboxylic acids is 1. The number of nitrogens with zero attached hydrogens (tertiary/aromatic N) is 2. The summed E-state index contributed by atoms with van der Waals surface area (Å²) in [5.41, 5.74) is 7.99. The molecule has 0 aliphatic carbocycles. The number of nitrogens with one attached hydrogen (secondary N) is 2. The van der Waals surface area contributed by atoms with E-state index in [9.17, 15) is 18.7 Å². The van der Waals surface area contributed by atoms with Crippen molar-refractivity contribution in [1.82, 2.24) is 15.3 Å². The van der Waals surface area contributed by atoms with Gasteiger partial charge in [0.05, 0.1) is 11.9 Å². The highest BCUT2D eigenvalue weighted by Gasteiger charge is 2.18. The molecule has 0 amide bonds. The van der Waals surface area contributed by atoms with Gasteiger partial charge >= 0.3 is 5.97 Å². The average molecular weight is 456 g/mol. The van der Waals surface area contributed by atoms with E-state index in [0.29, 0.717) is 18.7 Å². The van der Waals surface area contributed by atoms with Crippen molar-refractivity contribution in [2.75, 3.05) is 11.1 Å². The molecule has 9 heteroatoms. The monoisotopic (exact) mass is 455 g/mol. The Morgan fingerprint density at radius 3 is 2.36 bits per heavy atom. The fourth-order valence-corrected chi connectivity index (χ4v) is 3.32. The Morgan fingerprint density at radius 1 is 1.09 bits per heavy atom. The lowest BCUT2D eigenvalue weighted by Crippen LogP contribution is -2.37. The van der Waals surface area contributed by atoms with Crippen molar-refractivity contribution in [2.45, 2.75) is 39.4 Å². The minimum absolute atomic E-state index is 0.112. The predicted octanol–water partition coefficient (Wildman–Crippen LogP) is 4.21. The molecule has 1 atom stereocenters. The number of benzene rings is 2. The Kier molecular flexibility index (Phi) is 7.89. The highest BCUT2D eigenvalue weighted by Crippen LogP contribution is 2.23. The molecular weight excluding hydrogens is 428 g/mol.